The molecule has 0 aliphatic rings. The number of hydrogen-bond donors (Lipinski definition) is 0. The highest BCUT2D eigenvalue weighted by molar-refractivity contribution is 6.13. The third-order valence-corrected chi connectivity index (χ3v) is 3.40. The van der Waals surface area contributed by atoms with Gasteiger partial charge in [0.05, 0.1) is 16.3 Å². The molecule has 0 fully saturated rings. The van der Waals surface area contributed by atoms with Gasteiger partial charge in [-0.05, 0) is 6.42 Å². The van der Waals surface area contributed by atoms with Crippen molar-refractivity contribution in [1.29, 1.82) is 0 Å². The van der Waals surface area contributed by atoms with Crippen LogP contribution in [0, 0.1) is 0 Å². The molecule has 1 unspecified atom stereocenters. The predicted molar refractivity (Wildman–Crippen MR) is 53.5 cm³/mol. The summed E-state index contributed by atoms with van der Waals surface area (Å²) in [7, 11) is 3.96. The van der Waals surface area contributed by atoms with Gasteiger partial charge >= 0.3 is 0 Å². The average Bonchev–Trinajstić information content (AvgIpc) is 2.17. The number of aliphatic imine (C=N–C) groups is 1. The van der Waals surface area contributed by atoms with Crippen LogP contribution in [0.4, 0.5) is 0 Å². The second-order valence-corrected chi connectivity index (χ2v) is 4.55. The van der Waals surface area contributed by atoms with Gasteiger partial charge in [0.2, 0.25) is 6.08 Å². The zero-order valence-electron chi connectivity index (χ0n) is 8.66. The molecule has 0 aromatic rings. The van der Waals surface area contributed by atoms with E-state index in [0.29, 0.717) is 6.42 Å². The van der Waals surface area contributed by atoms with Gasteiger partial charge in [-0.25, -0.2) is 9.79 Å². The van der Waals surface area contributed by atoms with E-state index in [4.69, 9.17) is 9.47 Å². The second-order valence-electron chi connectivity index (χ2n) is 3.03. The van der Waals surface area contributed by atoms with Crippen LogP contribution in [0.2, 0.25) is 0 Å². The Hall–Kier alpha value is -0.483. The lowest BCUT2D eigenvalue weighted by molar-refractivity contribution is -0.148. The first-order valence-electron chi connectivity index (χ1n) is 4.29. The van der Waals surface area contributed by atoms with Gasteiger partial charge in [0.25, 0.3) is 0 Å². The Labute approximate surface area is 81.7 Å². The Morgan fingerprint density at radius 3 is 2.38 bits per heavy atom. The number of isocyanates is 1. The van der Waals surface area contributed by atoms with E-state index in [1.165, 1.54) is 0 Å². The van der Waals surface area contributed by atoms with Crippen LogP contribution in [0.15, 0.2) is 4.99 Å². The fourth-order valence-electron chi connectivity index (χ4n) is 1.03. The third kappa shape index (κ3) is 4.33. The summed E-state index contributed by atoms with van der Waals surface area (Å²) in [5.41, 5.74) is -0.527. The minimum absolute atomic E-state index is 0.0464. The van der Waals surface area contributed by atoms with E-state index in [-0.39, 0.29) is 6.04 Å². The van der Waals surface area contributed by atoms with E-state index < -0.39 is 5.41 Å². The van der Waals surface area contributed by atoms with Crippen molar-refractivity contribution in [2.45, 2.75) is 31.2 Å². The molecular formula is C8H17NO3Si. The maximum atomic E-state index is 10.1. The molecule has 0 radical (unpaired) electrons. The second kappa shape index (κ2) is 6.04. The highest BCUT2D eigenvalue weighted by Crippen LogP contribution is 2.17. The largest absolute Gasteiger partial charge is 0.358 e. The first-order chi connectivity index (χ1) is 6.11. The number of ether oxygens (including phenoxy) is 2. The molecule has 0 amide bonds. The predicted octanol–water partition coefficient (Wildman–Crippen LogP) is -0.197. The lowest BCUT2D eigenvalue weighted by Crippen LogP contribution is -2.37. The van der Waals surface area contributed by atoms with Crippen molar-refractivity contribution >= 4 is 16.3 Å². The van der Waals surface area contributed by atoms with Gasteiger partial charge < -0.3 is 9.47 Å². The molecule has 0 aromatic carbocycles. The monoisotopic (exact) mass is 203 g/mol. The quantitative estimate of drug-likeness (QED) is 0.260. The van der Waals surface area contributed by atoms with E-state index >= 15 is 0 Å². The van der Waals surface area contributed by atoms with E-state index in [0.717, 1.165) is 16.7 Å². The van der Waals surface area contributed by atoms with Crippen molar-refractivity contribution in [1.82, 2.24) is 0 Å². The average molecular weight is 203 g/mol. The third-order valence-electron chi connectivity index (χ3n) is 2.18. The molecule has 4 nitrogen and oxygen atoms in total. The van der Waals surface area contributed by atoms with Gasteiger partial charge in [-0.15, -0.1) is 0 Å². The summed E-state index contributed by atoms with van der Waals surface area (Å²) in [5, 5.41) is 0. The van der Waals surface area contributed by atoms with E-state index in [9.17, 15) is 4.79 Å². The number of nitrogens with zero attached hydrogens (tertiary/aromatic N) is 1. The Kier molecular flexibility index (Phi) is 5.82. The van der Waals surface area contributed by atoms with Crippen molar-refractivity contribution in [3.05, 3.63) is 0 Å². The van der Waals surface area contributed by atoms with Crippen molar-refractivity contribution in [3.8, 4) is 0 Å². The summed E-state index contributed by atoms with van der Waals surface area (Å²) in [6, 6.07) is -0.0464. The molecular weight excluding hydrogens is 186 g/mol. The molecule has 76 valence electrons. The molecule has 0 N–H and O–H groups in total. The Morgan fingerprint density at radius 1 is 1.54 bits per heavy atom. The highest BCUT2D eigenvalue weighted by atomic mass is 28.1. The summed E-state index contributed by atoms with van der Waals surface area (Å²) in [4.78, 5) is 13.8. The van der Waals surface area contributed by atoms with E-state index in [1.54, 1.807) is 20.3 Å². The Morgan fingerprint density at radius 2 is 2.08 bits per heavy atom. The van der Waals surface area contributed by atoms with Crippen molar-refractivity contribution < 1.29 is 14.3 Å². The summed E-state index contributed by atoms with van der Waals surface area (Å²) in [6.07, 6.45) is 2.99. The maximum Gasteiger partial charge on any atom is 0.235 e. The molecule has 5 heteroatoms. The lowest BCUT2D eigenvalue weighted by Gasteiger charge is -2.28. The van der Waals surface area contributed by atoms with Gasteiger partial charge in [0.1, 0.15) is 5.41 Å². The molecule has 0 spiro atoms. The summed E-state index contributed by atoms with van der Waals surface area (Å²) in [6.45, 7) is 1.97. The highest BCUT2D eigenvalue weighted by Gasteiger charge is 2.26. The molecule has 0 aliphatic heterocycles. The molecule has 0 rings (SSSR count). The molecule has 0 saturated carbocycles. The van der Waals surface area contributed by atoms with Crippen molar-refractivity contribution in [2.24, 2.45) is 4.99 Å². The first-order valence-corrected chi connectivity index (χ1v) is 5.29. The SMILES string of the molecule is CCC(CC([SiH3])(OC)OC)N=C=O. The maximum absolute atomic E-state index is 10.1. The van der Waals surface area contributed by atoms with Gasteiger partial charge in [-0.3, -0.25) is 0 Å². The minimum atomic E-state index is -0.527. The Bertz CT molecular complexity index is 188. The summed E-state index contributed by atoms with van der Waals surface area (Å²) >= 11 is 0. The lowest BCUT2D eigenvalue weighted by atomic mass is 10.1. The smallest absolute Gasteiger partial charge is 0.235 e. The van der Waals surface area contributed by atoms with Crippen LogP contribution in [0.3, 0.4) is 0 Å². The van der Waals surface area contributed by atoms with Gasteiger partial charge in [-0.1, -0.05) is 6.92 Å². The molecule has 0 saturated heterocycles. The van der Waals surface area contributed by atoms with Crippen LogP contribution in [-0.4, -0.2) is 42.0 Å². The first kappa shape index (κ1) is 12.5. The number of methoxy groups -OCH3 is 2. The van der Waals surface area contributed by atoms with Crippen LogP contribution < -0.4 is 0 Å². The Balaban J connectivity index is 4.26. The molecule has 0 aromatic heterocycles. The summed E-state index contributed by atoms with van der Waals surface area (Å²) < 4.78 is 10.4. The van der Waals surface area contributed by atoms with Crippen LogP contribution in [0.5, 0.6) is 0 Å². The fourth-order valence-corrected chi connectivity index (χ4v) is 1.51. The normalized spacial score (nSPS) is 13.8. The van der Waals surface area contributed by atoms with Crippen molar-refractivity contribution in [3.63, 3.8) is 0 Å². The van der Waals surface area contributed by atoms with E-state index in [1.807, 2.05) is 6.92 Å². The zero-order valence-corrected chi connectivity index (χ0v) is 10.7. The van der Waals surface area contributed by atoms with Crippen molar-refractivity contribution in [2.75, 3.05) is 14.2 Å². The van der Waals surface area contributed by atoms with E-state index in [2.05, 4.69) is 4.99 Å². The summed E-state index contributed by atoms with van der Waals surface area (Å²) in [5.74, 6) is 0. The number of rotatable bonds is 6. The van der Waals surface area contributed by atoms with Gasteiger partial charge in [0.15, 0.2) is 0 Å². The van der Waals surface area contributed by atoms with Gasteiger partial charge in [0, 0.05) is 20.6 Å². The van der Waals surface area contributed by atoms with Crippen LogP contribution in [-0.2, 0) is 14.3 Å². The van der Waals surface area contributed by atoms with Gasteiger partial charge in [-0.2, -0.15) is 0 Å². The number of hydrogen-bond acceptors (Lipinski definition) is 4. The molecule has 0 bridgehead atoms. The van der Waals surface area contributed by atoms with Crippen LogP contribution >= 0.6 is 0 Å². The topological polar surface area (TPSA) is 47.9 Å². The molecule has 0 heterocycles. The molecule has 1 atom stereocenters. The zero-order chi connectivity index (χ0) is 10.3. The number of carbonyl (C=O) groups excluding carboxylic acids is 1. The minimum Gasteiger partial charge on any atom is -0.358 e. The molecule has 13 heavy (non-hydrogen) atoms. The standard InChI is InChI=1S/C8H17NO3Si/c1-4-7(9-6-10)5-8(13,11-2)12-3/h7H,4-5H2,1-3,13H3. The van der Waals surface area contributed by atoms with Crippen LogP contribution in [0.1, 0.15) is 19.8 Å². The van der Waals surface area contributed by atoms with Crippen LogP contribution in [0.25, 0.3) is 0 Å². The molecule has 0 aliphatic carbocycles. The fraction of sp³-hybridized carbons (Fsp3) is 0.875.